The van der Waals surface area contributed by atoms with Crippen LogP contribution in [0.2, 0.25) is 0 Å². The molecule has 0 fully saturated rings. The average Bonchev–Trinajstić information content (AvgIpc) is 2.92. The Bertz CT molecular complexity index is 297. The van der Waals surface area contributed by atoms with E-state index in [9.17, 15) is 0 Å². The van der Waals surface area contributed by atoms with Crippen molar-refractivity contribution in [3.8, 4) is 0 Å². The molecule has 0 spiro atoms. The van der Waals surface area contributed by atoms with Gasteiger partial charge in [-0.1, -0.05) is 44.8 Å². The lowest BCUT2D eigenvalue weighted by Gasteiger charge is -2.19. The molecule has 0 radical (unpaired) electrons. The molecule has 21 heavy (non-hydrogen) atoms. The number of amidine groups is 1. The minimum Gasteiger partial charge on any atom is -0.357 e. The van der Waals surface area contributed by atoms with Crippen molar-refractivity contribution in [2.45, 2.75) is 71.1 Å². The van der Waals surface area contributed by atoms with Crippen LogP contribution >= 0.6 is 0 Å². The van der Waals surface area contributed by atoms with E-state index >= 15 is 0 Å². The zero-order chi connectivity index (χ0) is 15.2. The number of allylic oxidation sites excluding steroid dienone is 2. The highest BCUT2D eigenvalue weighted by molar-refractivity contribution is 5.83. The highest BCUT2D eigenvalue weighted by atomic mass is 15.2. The third-order valence-electron chi connectivity index (χ3n) is 4.09. The number of unbranched alkanes of at least 4 members (excludes halogenated alkanes) is 7. The van der Waals surface area contributed by atoms with Crippen molar-refractivity contribution >= 4 is 5.84 Å². The fraction of sp³-hybridized carbons (Fsp3) is 0.833. The third kappa shape index (κ3) is 8.92. The van der Waals surface area contributed by atoms with Crippen LogP contribution in [0.3, 0.4) is 0 Å². The quantitative estimate of drug-likeness (QED) is 0.409. The summed E-state index contributed by atoms with van der Waals surface area (Å²) in [5, 5.41) is 0. The van der Waals surface area contributed by atoms with Gasteiger partial charge in [-0.3, -0.25) is 4.99 Å². The molecule has 1 heterocycles. The first-order valence-corrected chi connectivity index (χ1v) is 9.01. The Morgan fingerprint density at radius 1 is 1.05 bits per heavy atom. The third-order valence-corrected chi connectivity index (χ3v) is 4.09. The monoisotopic (exact) mass is 293 g/mol. The second-order valence-electron chi connectivity index (χ2n) is 5.99. The molecular weight excluding hydrogens is 258 g/mol. The molecule has 0 aromatic rings. The highest BCUT2D eigenvalue weighted by Gasteiger charge is 2.14. The molecule has 122 valence electrons. The van der Waals surface area contributed by atoms with Crippen molar-refractivity contribution in [3.05, 3.63) is 12.2 Å². The molecule has 0 amide bonds. The van der Waals surface area contributed by atoms with Gasteiger partial charge in [0.25, 0.3) is 0 Å². The predicted octanol–water partition coefficient (Wildman–Crippen LogP) is 4.14. The Morgan fingerprint density at radius 3 is 2.43 bits per heavy atom. The molecule has 1 aliphatic rings. The van der Waals surface area contributed by atoms with E-state index in [0.717, 1.165) is 32.6 Å². The molecule has 0 saturated carbocycles. The smallest absolute Gasteiger partial charge is 0.0990 e. The molecule has 0 aromatic carbocycles. The summed E-state index contributed by atoms with van der Waals surface area (Å²) in [6.45, 7) is 6.02. The van der Waals surface area contributed by atoms with Crippen LogP contribution in [0.25, 0.3) is 0 Å². The Hall–Kier alpha value is -0.830. The van der Waals surface area contributed by atoms with Crippen molar-refractivity contribution in [2.75, 3.05) is 26.2 Å². The van der Waals surface area contributed by atoms with E-state index in [2.05, 4.69) is 29.0 Å². The largest absolute Gasteiger partial charge is 0.357 e. The second kappa shape index (κ2) is 12.9. The van der Waals surface area contributed by atoms with Crippen molar-refractivity contribution < 1.29 is 0 Å². The lowest BCUT2D eigenvalue weighted by molar-refractivity contribution is 0.456. The summed E-state index contributed by atoms with van der Waals surface area (Å²) in [7, 11) is 0. The van der Waals surface area contributed by atoms with Crippen LogP contribution in [-0.4, -0.2) is 36.9 Å². The first kappa shape index (κ1) is 18.2. The molecule has 0 aromatic heterocycles. The van der Waals surface area contributed by atoms with Gasteiger partial charge in [0, 0.05) is 26.1 Å². The van der Waals surface area contributed by atoms with Gasteiger partial charge in [0.15, 0.2) is 0 Å². The molecule has 0 unspecified atom stereocenters. The van der Waals surface area contributed by atoms with E-state index in [1.165, 1.54) is 63.6 Å². The van der Waals surface area contributed by atoms with Crippen LogP contribution in [0.15, 0.2) is 17.1 Å². The number of hydrogen-bond acceptors (Lipinski definition) is 3. The number of rotatable bonds is 13. The zero-order valence-electron chi connectivity index (χ0n) is 14.0. The Balaban J connectivity index is 1.91. The highest BCUT2D eigenvalue weighted by Crippen LogP contribution is 2.11. The standard InChI is InChI=1S/C18H35N3/c1-2-3-4-5-6-7-8-9-10-11-12-13-18-20-15-17-21(18)16-14-19/h7-8H,2-6,9-17,19H2,1H3/b8-7+. The molecule has 0 aliphatic carbocycles. The van der Waals surface area contributed by atoms with E-state index in [1.54, 1.807) is 0 Å². The molecule has 0 saturated heterocycles. The molecule has 1 aliphatic heterocycles. The predicted molar refractivity (Wildman–Crippen MR) is 93.9 cm³/mol. The van der Waals surface area contributed by atoms with Gasteiger partial charge in [-0.25, -0.2) is 0 Å². The van der Waals surface area contributed by atoms with Gasteiger partial charge in [0.1, 0.15) is 0 Å². The van der Waals surface area contributed by atoms with E-state index < -0.39 is 0 Å². The van der Waals surface area contributed by atoms with Crippen molar-refractivity contribution in [1.29, 1.82) is 0 Å². The first-order valence-electron chi connectivity index (χ1n) is 9.01. The van der Waals surface area contributed by atoms with Gasteiger partial charge >= 0.3 is 0 Å². The van der Waals surface area contributed by atoms with E-state index in [-0.39, 0.29) is 0 Å². The molecule has 3 heteroatoms. The van der Waals surface area contributed by atoms with E-state index in [4.69, 9.17) is 5.73 Å². The SMILES string of the molecule is CCCCCC/C=C/CCCCCC1=NCCN1CCN. The van der Waals surface area contributed by atoms with Crippen molar-refractivity contribution in [2.24, 2.45) is 10.7 Å². The van der Waals surface area contributed by atoms with Gasteiger partial charge in [0.05, 0.1) is 12.4 Å². The maximum absolute atomic E-state index is 5.63. The normalized spacial score (nSPS) is 15.1. The molecule has 1 rings (SSSR count). The molecule has 2 N–H and O–H groups in total. The number of aliphatic imine (C=N–C) groups is 1. The van der Waals surface area contributed by atoms with Crippen LogP contribution in [0.5, 0.6) is 0 Å². The summed E-state index contributed by atoms with van der Waals surface area (Å²) < 4.78 is 0. The van der Waals surface area contributed by atoms with Crippen LogP contribution < -0.4 is 5.73 Å². The molecule has 0 bridgehead atoms. The van der Waals surface area contributed by atoms with Crippen molar-refractivity contribution in [3.63, 3.8) is 0 Å². The van der Waals surface area contributed by atoms with Gasteiger partial charge in [-0.05, 0) is 32.1 Å². The molecule has 3 nitrogen and oxygen atoms in total. The van der Waals surface area contributed by atoms with Gasteiger partial charge < -0.3 is 10.6 Å². The summed E-state index contributed by atoms with van der Waals surface area (Å²) in [6.07, 6.45) is 17.8. The Labute approximate surface area is 131 Å². The summed E-state index contributed by atoms with van der Waals surface area (Å²) in [6, 6.07) is 0. The van der Waals surface area contributed by atoms with Crippen LogP contribution in [0.4, 0.5) is 0 Å². The average molecular weight is 293 g/mol. The Morgan fingerprint density at radius 2 is 1.76 bits per heavy atom. The second-order valence-corrected chi connectivity index (χ2v) is 5.99. The summed E-state index contributed by atoms with van der Waals surface area (Å²) in [5.41, 5.74) is 5.63. The lowest BCUT2D eigenvalue weighted by atomic mass is 10.1. The van der Waals surface area contributed by atoms with Gasteiger partial charge in [0.2, 0.25) is 0 Å². The summed E-state index contributed by atoms with van der Waals surface area (Å²) in [4.78, 5) is 6.95. The number of nitrogens with zero attached hydrogens (tertiary/aromatic N) is 2. The number of hydrogen-bond donors (Lipinski definition) is 1. The molecule has 0 atom stereocenters. The fourth-order valence-electron chi connectivity index (χ4n) is 2.81. The maximum Gasteiger partial charge on any atom is 0.0990 e. The molecular formula is C18H35N3. The first-order chi connectivity index (χ1) is 10.4. The topological polar surface area (TPSA) is 41.6 Å². The number of nitrogens with two attached hydrogens (primary N) is 1. The van der Waals surface area contributed by atoms with Crippen LogP contribution in [0.1, 0.15) is 71.1 Å². The van der Waals surface area contributed by atoms with Crippen molar-refractivity contribution in [1.82, 2.24) is 4.90 Å². The lowest BCUT2D eigenvalue weighted by Crippen LogP contribution is -2.32. The summed E-state index contributed by atoms with van der Waals surface area (Å²) in [5.74, 6) is 1.30. The summed E-state index contributed by atoms with van der Waals surface area (Å²) >= 11 is 0. The van der Waals surface area contributed by atoms with Gasteiger partial charge in [-0.2, -0.15) is 0 Å². The van der Waals surface area contributed by atoms with E-state index in [1.807, 2.05) is 0 Å². The van der Waals surface area contributed by atoms with Crippen LogP contribution in [-0.2, 0) is 0 Å². The minimum atomic E-state index is 0.738. The van der Waals surface area contributed by atoms with E-state index in [0.29, 0.717) is 0 Å². The van der Waals surface area contributed by atoms with Gasteiger partial charge in [-0.15, -0.1) is 0 Å². The fourth-order valence-corrected chi connectivity index (χ4v) is 2.81. The minimum absolute atomic E-state index is 0.738. The van der Waals surface area contributed by atoms with Crippen LogP contribution in [0, 0.1) is 0 Å². The zero-order valence-corrected chi connectivity index (χ0v) is 14.0. The Kier molecular flexibility index (Phi) is 11.2. The maximum atomic E-state index is 5.63.